The average Bonchev–Trinajstić information content (AvgIpc) is 3.04. The summed E-state index contributed by atoms with van der Waals surface area (Å²) in [6.07, 6.45) is 2.02. The molecular formula is C20H20Cl2N2O3. The fourth-order valence-corrected chi connectivity index (χ4v) is 3.41. The molecule has 0 aromatic heterocycles. The van der Waals surface area contributed by atoms with Crippen molar-refractivity contribution >= 4 is 40.7 Å². The molecule has 1 saturated heterocycles. The largest absolute Gasteiger partial charge is 0.508 e. The van der Waals surface area contributed by atoms with Crippen LogP contribution in [0.15, 0.2) is 42.5 Å². The van der Waals surface area contributed by atoms with Crippen molar-refractivity contribution in [2.75, 3.05) is 18.0 Å². The highest BCUT2D eigenvalue weighted by atomic mass is 35.5. The monoisotopic (exact) mass is 406 g/mol. The third kappa shape index (κ3) is 4.73. The van der Waals surface area contributed by atoms with Gasteiger partial charge in [0.05, 0.1) is 10.0 Å². The zero-order valence-electron chi connectivity index (χ0n) is 14.6. The predicted octanol–water partition coefficient (Wildman–Crippen LogP) is 3.80. The van der Waals surface area contributed by atoms with Crippen molar-refractivity contribution in [3.05, 3.63) is 58.1 Å². The minimum Gasteiger partial charge on any atom is -0.508 e. The van der Waals surface area contributed by atoms with Crippen LogP contribution < -0.4 is 10.2 Å². The number of nitrogens with zero attached hydrogens (tertiary/aromatic N) is 1. The van der Waals surface area contributed by atoms with E-state index in [0.29, 0.717) is 35.2 Å². The molecule has 5 nitrogen and oxygen atoms in total. The lowest BCUT2D eigenvalue weighted by Crippen LogP contribution is -2.37. The van der Waals surface area contributed by atoms with E-state index < -0.39 is 5.92 Å². The van der Waals surface area contributed by atoms with Crippen molar-refractivity contribution in [1.82, 2.24) is 5.32 Å². The van der Waals surface area contributed by atoms with Crippen LogP contribution in [0.5, 0.6) is 5.75 Å². The predicted molar refractivity (Wildman–Crippen MR) is 106 cm³/mol. The quantitative estimate of drug-likeness (QED) is 0.565. The lowest BCUT2D eigenvalue weighted by molar-refractivity contribution is -0.132. The molecule has 1 heterocycles. The number of anilines is 1. The molecular weight excluding hydrogens is 387 g/mol. The summed E-state index contributed by atoms with van der Waals surface area (Å²) in [5.74, 6) is -0.899. The highest BCUT2D eigenvalue weighted by molar-refractivity contribution is 6.42. The van der Waals surface area contributed by atoms with E-state index in [-0.39, 0.29) is 17.6 Å². The number of carbonyl (C=O) groups excluding carboxylic acids is 2. The van der Waals surface area contributed by atoms with Crippen molar-refractivity contribution in [1.29, 1.82) is 0 Å². The van der Waals surface area contributed by atoms with E-state index in [1.54, 1.807) is 35.2 Å². The Balaban J connectivity index is 1.49. The molecule has 2 amide bonds. The van der Waals surface area contributed by atoms with E-state index >= 15 is 0 Å². The minimum atomic E-state index is -0.673. The van der Waals surface area contributed by atoms with Crippen molar-refractivity contribution in [2.24, 2.45) is 5.92 Å². The van der Waals surface area contributed by atoms with E-state index in [1.165, 1.54) is 0 Å². The van der Waals surface area contributed by atoms with Gasteiger partial charge >= 0.3 is 0 Å². The summed E-state index contributed by atoms with van der Waals surface area (Å²) in [5.41, 5.74) is 1.74. The molecule has 0 bridgehead atoms. The molecule has 142 valence electrons. The molecule has 1 fully saturated rings. The number of aromatic hydroxyl groups is 1. The second-order valence-electron chi connectivity index (χ2n) is 6.49. The first kappa shape index (κ1) is 19.5. The number of amides is 2. The van der Waals surface area contributed by atoms with Gasteiger partial charge in [-0.25, -0.2) is 0 Å². The van der Waals surface area contributed by atoms with Crippen LogP contribution in [0.2, 0.25) is 10.0 Å². The first-order valence-corrected chi connectivity index (χ1v) is 9.53. The highest BCUT2D eigenvalue weighted by Crippen LogP contribution is 2.31. The molecule has 2 aromatic carbocycles. The van der Waals surface area contributed by atoms with Gasteiger partial charge in [-0.1, -0.05) is 35.3 Å². The van der Waals surface area contributed by atoms with E-state index in [2.05, 4.69) is 5.32 Å². The standard InChI is InChI=1S/C20H20Cl2N2O3/c21-17-8-5-14(12-18(17)22)24-11-9-16(20(24)27)19(26)23-10-1-2-13-3-6-15(25)7-4-13/h3-8,12,16,25H,1-2,9-11H2,(H,23,26). The third-order valence-corrected chi connectivity index (χ3v) is 5.35. The van der Waals surface area contributed by atoms with Gasteiger partial charge in [-0.2, -0.15) is 0 Å². The molecule has 3 rings (SSSR count). The lowest BCUT2D eigenvalue weighted by Gasteiger charge is -2.17. The van der Waals surface area contributed by atoms with Crippen molar-refractivity contribution < 1.29 is 14.7 Å². The van der Waals surface area contributed by atoms with Crippen molar-refractivity contribution in [3.63, 3.8) is 0 Å². The van der Waals surface area contributed by atoms with Gasteiger partial charge < -0.3 is 15.3 Å². The number of nitrogens with one attached hydrogen (secondary N) is 1. The van der Waals surface area contributed by atoms with Gasteiger partial charge in [-0.3, -0.25) is 9.59 Å². The first-order chi connectivity index (χ1) is 13.0. The summed E-state index contributed by atoms with van der Waals surface area (Å²) in [6.45, 7) is 0.971. The minimum absolute atomic E-state index is 0.218. The normalized spacial score (nSPS) is 16.6. The Morgan fingerprint density at radius 1 is 1.15 bits per heavy atom. The van der Waals surface area contributed by atoms with Crippen molar-refractivity contribution in [3.8, 4) is 5.75 Å². The molecule has 0 aliphatic carbocycles. The maximum atomic E-state index is 12.6. The second kappa shape index (κ2) is 8.63. The second-order valence-corrected chi connectivity index (χ2v) is 7.30. The van der Waals surface area contributed by atoms with Crippen LogP contribution in [0.3, 0.4) is 0 Å². The van der Waals surface area contributed by atoms with Crippen LogP contribution >= 0.6 is 23.2 Å². The number of phenolic OH excluding ortho intramolecular Hbond substituents is 1. The Hall–Kier alpha value is -2.24. The number of rotatable bonds is 6. The summed E-state index contributed by atoms with van der Waals surface area (Å²) in [4.78, 5) is 26.5. The van der Waals surface area contributed by atoms with Crippen molar-refractivity contribution in [2.45, 2.75) is 19.3 Å². The Kier molecular flexibility index (Phi) is 6.24. The molecule has 2 aromatic rings. The molecule has 2 N–H and O–H groups in total. The maximum absolute atomic E-state index is 12.6. The summed E-state index contributed by atoms with van der Waals surface area (Å²) < 4.78 is 0. The van der Waals surface area contributed by atoms with E-state index in [9.17, 15) is 14.7 Å². The molecule has 0 radical (unpaired) electrons. The number of phenols is 1. The Bertz CT molecular complexity index is 840. The van der Waals surface area contributed by atoms with Gasteiger partial charge in [0, 0.05) is 18.8 Å². The van der Waals surface area contributed by atoms with Gasteiger partial charge in [-0.05, 0) is 55.2 Å². The molecule has 0 spiro atoms. The van der Waals surface area contributed by atoms with Gasteiger partial charge in [0.1, 0.15) is 11.7 Å². The summed E-state index contributed by atoms with van der Waals surface area (Å²) in [7, 11) is 0. The maximum Gasteiger partial charge on any atom is 0.239 e. The molecule has 1 aliphatic rings. The van der Waals surface area contributed by atoms with E-state index in [1.807, 2.05) is 12.1 Å². The number of benzene rings is 2. The third-order valence-electron chi connectivity index (χ3n) is 4.61. The van der Waals surface area contributed by atoms with Gasteiger partial charge in [0.15, 0.2) is 0 Å². The SMILES string of the molecule is O=C(NCCCc1ccc(O)cc1)C1CCN(c2ccc(Cl)c(Cl)c2)C1=O. The van der Waals surface area contributed by atoms with E-state index in [4.69, 9.17) is 23.2 Å². The summed E-state index contributed by atoms with van der Waals surface area (Å²) in [5, 5.41) is 12.9. The number of aryl methyl sites for hydroxylation is 1. The fourth-order valence-electron chi connectivity index (χ4n) is 3.12. The Labute approximate surface area is 167 Å². The summed E-state index contributed by atoms with van der Waals surface area (Å²) in [6, 6.07) is 12.0. The van der Waals surface area contributed by atoms with Crippen LogP contribution in [-0.2, 0) is 16.0 Å². The highest BCUT2D eigenvalue weighted by Gasteiger charge is 2.37. The molecule has 1 atom stereocenters. The van der Waals surface area contributed by atoms with Gasteiger partial charge in [-0.15, -0.1) is 0 Å². The molecule has 7 heteroatoms. The van der Waals surface area contributed by atoms with Crippen LogP contribution in [0.25, 0.3) is 0 Å². The first-order valence-electron chi connectivity index (χ1n) is 8.78. The Morgan fingerprint density at radius 2 is 1.89 bits per heavy atom. The molecule has 27 heavy (non-hydrogen) atoms. The Morgan fingerprint density at radius 3 is 2.59 bits per heavy atom. The average molecular weight is 407 g/mol. The van der Waals surface area contributed by atoms with Crippen LogP contribution in [0, 0.1) is 5.92 Å². The number of hydrogen-bond donors (Lipinski definition) is 2. The van der Waals surface area contributed by atoms with Crippen LogP contribution in [-0.4, -0.2) is 30.0 Å². The summed E-state index contributed by atoms with van der Waals surface area (Å²) >= 11 is 11.9. The van der Waals surface area contributed by atoms with Crippen LogP contribution in [0.4, 0.5) is 5.69 Å². The van der Waals surface area contributed by atoms with Crippen LogP contribution in [0.1, 0.15) is 18.4 Å². The van der Waals surface area contributed by atoms with Gasteiger partial charge in [0.2, 0.25) is 11.8 Å². The zero-order chi connectivity index (χ0) is 19.4. The smallest absolute Gasteiger partial charge is 0.239 e. The van der Waals surface area contributed by atoms with E-state index in [0.717, 1.165) is 18.4 Å². The molecule has 0 saturated carbocycles. The zero-order valence-corrected chi connectivity index (χ0v) is 16.1. The number of carbonyl (C=O) groups is 2. The number of halogens is 2. The fraction of sp³-hybridized carbons (Fsp3) is 0.300. The molecule has 1 unspecified atom stereocenters. The van der Waals surface area contributed by atoms with Gasteiger partial charge in [0.25, 0.3) is 0 Å². The number of hydrogen-bond acceptors (Lipinski definition) is 3. The lowest BCUT2D eigenvalue weighted by atomic mass is 10.1. The molecule has 1 aliphatic heterocycles. The topological polar surface area (TPSA) is 69.6 Å².